The lowest BCUT2D eigenvalue weighted by Gasteiger charge is -2.29. The molecule has 0 radical (unpaired) electrons. The molecule has 2 aliphatic heterocycles. The van der Waals surface area contributed by atoms with Gasteiger partial charge in [0, 0.05) is 12.6 Å². The molecule has 2 atom stereocenters. The Kier molecular flexibility index (Phi) is 3.94. The van der Waals surface area contributed by atoms with Crippen LogP contribution in [0.15, 0.2) is 12.1 Å². The van der Waals surface area contributed by atoms with Gasteiger partial charge in [-0.25, -0.2) is 4.39 Å². The third-order valence-electron chi connectivity index (χ3n) is 4.09. The van der Waals surface area contributed by atoms with Gasteiger partial charge in [-0.05, 0) is 37.5 Å². The van der Waals surface area contributed by atoms with Crippen LogP contribution in [-0.4, -0.2) is 41.0 Å². The molecular formula is C14H16ClFN2O2S. The summed E-state index contributed by atoms with van der Waals surface area (Å²) >= 11 is 11.3. The van der Waals surface area contributed by atoms with Gasteiger partial charge in [-0.3, -0.25) is 4.90 Å². The summed E-state index contributed by atoms with van der Waals surface area (Å²) < 4.78 is 19.4. The summed E-state index contributed by atoms with van der Waals surface area (Å²) in [5.74, 6) is -0.171. The van der Waals surface area contributed by atoms with Gasteiger partial charge in [0.15, 0.2) is 11.3 Å². The smallest absolute Gasteiger partial charge is 0.178 e. The molecule has 0 amide bonds. The number of methoxy groups -OCH3 is 1. The predicted octanol–water partition coefficient (Wildman–Crippen LogP) is 2.77. The van der Waals surface area contributed by atoms with Crippen molar-refractivity contribution in [3.8, 4) is 5.75 Å². The number of piperidine rings is 1. The highest BCUT2D eigenvalue weighted by molar-refractivity contribution is 7.80. The Labute approximate surface area is 133 Å². The highest BCUT2D eigenvalue weighted by Crippen LogP contribution is 2.38. The fourth-order valence-electron chi connectivity index (χ4n) is 3.03. The van der Waals surface area contributed by atoms with Gasteiger partial charge in [-0.15, -0.1) is 0 Å². The van der Waals surface area contributed by atoms with Gasteiger partial charge in [-0.2, -0.15) is 0 Å². The quantitative estimate of drug-likeness (QED) is 0.844. The topological polar surface area (TPSA) is 35.9 Å². The number of halogens is 2. The number of fused-ring (bicyclic) bond motifs is 1. The second kappa shape index (κ2) is 5.59. The van der Waals surface area contributed by atoms with Crippen molar-refractivity contribution in [1.29, 1.82) is 0 Å². The largest absolute Gasteiger partial charge is 0.495 e. The summed E-state index contributed by atoms with van der Waals surface area (Å²) in [6.07, 6.45) is 2.08. The monoisotopic (exact) mass is 330 g/mol. The van der Waals surface area contributed by atoms with Crippen LogP contribution in [0, 0.1) is 5.82 Å². The number of aliphatic hydroxyl groups is 1. The average molecular weight is 331 g/mol. The number of thiocarbonyl (C=S) groups is 1. The molecule has 2 fully saturated rings. The molecule has 0 spiro atoms. The number of hydrogen-bond donors (Lipinski definition) is 1. The van der Waals surface area contributed by atoms with E-state index in [-0.39, 0.29) is 16.8 Å². The molecule has 4 nitrogen and oxygen atoms in total. The molecule has 1 aromatic carbocycles. The van der Waals surface area contributed by atoms with Crippen LogP contribution in [0.3, 0.4) is 0 Å². The third kappa shape index (κ3) is 2.35. The Morgan fingerprint density at radius 3 is 2.86 bits per heavy atom. The predicted molar refractivity (Wildman–Crippen MR) is 83.4 cm³/mol. The Balaban J connectivity index is 2.02. The Morgan fingerprint density at radius 2 is 2.19 bits per heavy atom. The van der Waals surface area contributed by atoms with E-state index in [0.29, 0.717) is 10.9 Å². The van der Waals surface area contributed by atoms with Crippen LogP contribution in [0.5, 0.6) is 5.75 Å². The molecule has 0 aliphatic carbocycles. The van der Waals surface area contributed by atoms with E-state index < -0.39 is 12.0 Å². The first-order valence-corrected chi connectivity index (χ1v) is 7.64. The maximum atomic E-state index is 14.3. The molecular weight excluding hydrogens is 315 g/mol. The lowest BCUT2D eigenvalue weighted by molar-refractivity contribution is 0.101. The first-order chi connectivity index (χ1) is 10.0. The van der Waals surface area contributed by atoms with Gasteiger partial charge in [0.1, 0.15) is 11.6 Å². The third-order valence-corrected chi connectivity index (χ3v) is 4.82. The number of anilines is 1. The molecule has 2 saturated heterocycles. The molecule has 2 heterocycles. The van der Waals surface area contributed by atoms with Gasteiger partial charge in [0.05, 0.1) is 23.9 Å². The normalized spacial score (nSPS) is 25.2. The second-order valence-electron chi connectivity index (χ2n) is 5.26. The van der Waals surface area contributed by atoms with E-state index in [1.807, 2.05) is 4.90 Å². The van der Waals surface area contributed by atoms with Crippen molar-refractivity contribution < 1.29 is 14.2 Å². The van der Waals surface area contributed by atoms with Gasteiger partial charge in [0.2, 0.25) is 0 Å². The van der Waals surface area contributed by atoms with Crippen molar-refractivity contribution in [2.75, 3.05) is 18.6 Å². The van der Waals surface area contributed by atoms with Crippen molar-refractivity contribution in [2.45, 2.75) is 31.5 Å². The molecule has 2 unspecified atom stereocenters. The maximum Gasteiger partial charge on any atom is 0.178 e. The van der Waals surface area contributed by atoms with Crippen LogP contribution < -0.4 is 9.64 Å². The number of aliphatic hydroxyl groups excluding tert-OH is 1. The molecule has 0 bridgehead atoms. The van der Waals surface area contributed by atoms with Crippen LogP contribution >= 0.6 is 23.8 Å². The SMILES string of the molecule is COc1cc(N2C(=S)N3CCCCC3C2O)c(F)cc1Cl. The van der Waals surface area contributed by atoms with E-state index in [0.717, 1.165) is 25.8 Å². The minimum Gasteiger partial charge on any atom is -0.495 e. The van der Waals surface area contributed by atoms with Crippen molar-refractivity contribution in [3.63, 3.8) is 0 Å². The number of rotatable bonds is 2. The summed E-state index contributed by atoms with van der Waals surface area (Å²) in [7, 11) is 1.46. The highest BCUT2D eigenvalue weighted by Gasteiger charge is 2.44. The van der Waals surface area contributed by atoms with Crippen molar-refractivity contribution in [1.82, 2.24) is 4.90 Å². The second-order valence-corrected chi connectivity index (χ2v) is 6.03. The fourth-order valence-corrected chi connectivity index (χ4v) is 3.69. The summed E-state index contributed by atoms with van der Waals surface area (Å²) in [4.78, 5) is 3.43. The summed E-state index contributed by atoms with van der Waals surface area (Å²) in [5.41, 5.74) is 0.197. The van der Waals surface area contributed by atoms with Gasteiger partial charge < -0.3 is 14.7 Å². The summed E-state index contributed by atoms with van der Waals surface area (Å²) in [5, 5.41) is 11.2. The molecule has 21 heavy (non-hydrogen) atoms. The number of nitrogens with zero attached hydrogens (tertiary/aromatic N) is 2. The van der Waals surface area contributed by atoms with Crippen molar-refractivity contribution >= 4 is 34.6 Å². The van der Waals surface area contributed by atoms with Crippen LogP contribution in [-0.2, 0) is 0 Å². The van der Waals surface area contributed by atoms with Crippen LogP contribution in [0.2, 0.25) is 5.02 Å². The first kappa shape index (κ1) is 14.8. The molecule has 7 heteroatoms. The minimum absolute atomic E-state index is 0.0766. The van der Waals surface area contributed by atoms with E-state index in [2.05, 4.69) is 0 Å². The molecule has 0 saturated carbocycles. The first-order valence-electron chi connectivity index (χ1n) is 6.85. The number of ether oxygens (including phenoxy) is 1. The number of benzene rings is 1. The van der Waals surface area contributed by atoms with Gasteiger partial charge >= 0.3 is 0 Å². The molecule has 2 aliphatic rings. The van der Waals surface area contributed by atoms with Crippen LogP contribution in [0.25, 0.3) is 0 Å². The molecule has 1 N–H and O–H groups in total. The van der Waals surface area contributed by atoms with E-state index in [4.69, 9.17) is 28.6 Å². The Hall–Kier alpha value is -1.11. The van der Waals surface area contributed by atoms with Gasteiger partial charge in [-0.1, -0.05) is 11.6 Å². The van der Waals surface area contributed by atoms with E-state index in [1.54, 1.807) is 0 Å². The molecule has 114 valence electrons. The maximum absolute atomic E-state index is 14.3. The highest BCUT2D eigenvalue weighted by atomic mass is 35.5. The Morgan fingerprint density at radius 1 is 1.43 bits per heavy atom. The van der Waals surface area contributed by atoms with Crippen LogP contribution in [0.4, 0.5) is 10.1 Å². The lowest BCUT2D eigenvalue weighted by atomic mass is 10.0. The standard InChI is InChI=1S/C14H16ClFN2O2S/c1-20-12-7-11(9(16)6-8(12)15)18-13(19)10-4-2-3-5-17(10)14(18)21/h6-7,10,13,19H,2-5H2,1H3. The lowest BCUT2D eigenvalue weighted by Crippen LogP contribution is -2.40. The molecule has 3 rings (SSSR count). The van der Waals surface area contributed by atoms with Crippen LogP contribution in [0.1, 0.15) is 19.3 Å². The molecule has 0 aromatic heterocycles. The zero-order chi connectivity index (χ0) is 15.1. The average Bonchev–Trinajstić information content (AvgIpc) is 2.72. The summed E-state index contributed by atoms with van der Waals surface area (Å²) in [6.45, 7) is 0.795. The zero-order valence-corrected chi connectivity index (χ0v) is 13.1. The summed E-state index contributed by atoms with van der Waals surface area (Å²) in [6, 6.07) is 2.58. The van der Waals surface area contributed by atoms with Crippen molar-refractivity contribution in [3.05, 3.63) is 23.0 Å². The molecule has 1 aromatic rings. The zero-order valence-electron chi connectivity index (χ0n) is 11.6. The van der Waals surface area contributed by atoms with Gasteiger partial charge in [0.25, 0.3) is 0 Å². The van der Waals surface area contributed by atoms with E-state index >= 15 is 0 Å². The van der Waals surface area contributed by atoms with Crippen molar-refractivity contribution in [2.24, 2.45) is 0 Å². The minimum atomic E-state index is -0.849. The fraction of sp³-hybridized carbons (Fsp3) is 0.500. The van der Waals surface area contributed by atoms with E-state index in [9.17, 15) is 9.50 Å². The Bertz CT molecular complexity index is 586. The van der Waals surface area contributed by atoms with E-state index in [1.165, 1.54) is 24.1 Å². The number of hydrogen-bond acceptors (Lipinski definition) is 3.